The number of ether oxygens (including phenoxy) is 1. The number of carbonyl (C=O) groups excluding carboxylic acids is 1. The Hall–Kier alpha value is -3.00. The fourth-order valence-corrected chi connectivity index (χ4v) is 4.85. The molecule has 0 aromatic heterocycles. The Morgan fingerprint density at radius 2 is 1.82 bits per heavy atom. The summed E-state index contributed by atoms with van der Waals surface area (Å²) in [5.74, 6) is 0.999. The molecule has 3 aromatic rings. The molecule has 1 N–H and O–H groups in total. The number of hydrogen-bond donors (Lipinski definition) is 1. The SMILES string of the molecule is COc1ccc(Cl)cc1[C@@H]1N=c2ccccc2=C2C(=O)NC(SCc3ccc(Cl)cc3)=NN21. The molecule has 0 radical (unpaired) electrons. The Kier molecular flexibility index (Phi) is 6.01. The molecule has 6 nitrogen and oxygen atoms in total. The highest BCUT2D eigenvalue weighted by Gasteiger charge is 2.35. The highest BCUT2D eigenvalue weighted by Crippen LogP contribution is 2.37. The average Bonchev–Trinajstić information content (AvgIpc) is 2.83. The summed E-state index contributed by atoms with van der Waals surface area (Å²) in [5.41, 5.74) is 2.22. The van der Waals surface area contributed by atoms with Crippen LogP contribution in [0.25, 0.3) is 5.70 Å². The Labute approximate surface area is 204 Å². The maximum Gasteiger partial charge on any atom is 0.276 e. The van der Waals surface area contributed by atoms with E-state index < -0.39 is 6.17 Å². The van der Waals surface area contributed by atoms with Gasteiger partial charge in [0, 0.05) is 26.6 Å². The van der Waals surface area contributed by atoms with Crippen molar-refractivity contribution in [1.29, 1.82) is 0 Å². The quantitative estimate of drug-likeness (QED) is 0.590. The van der Waals surface area contributed by atoms with E-state index in [-0.39, 0.29) is 5.91 Å². The van der Waals surface area contributed by atoms with Crippen molar-refractivity contribution in [2.24, 2.45) is 10.1 Å². The number of carbonyl (C=O) groups is 1. The molecular weight excluding hydrogens is 479 g/mol. The van der Waals surface area contributed by atoms with Crippen LogP contribution in [0.5, 0.6) is 5.75 Å². The average molecular weight is 497 g/mol. The second-order valence-electron chi connectivity index (χ2n) is 7.37. The molecule has 0 spiro atoms. The maximum atomic E-state index is 13.3. The van der Waals surface area contributed by atoms with Crippen LogP contribution < -0.4 is 20.6 Å². The van der Waals surface area contributed by atoms with Crippen molar-refractivity contribution < 1.29 is 9.53 Å². The number of nitrogens with one attached hydrogen (secondary N) is 1. The van der Waals surface area contributed by atoms with Gasteiger partial charge in [-0.2, -0.15) is 0 Å². The van der Waals surface area contributed by atoms with E-state index in [1.807, 2.05) is 48.5 Å². The van der Waals surface area contributed by atoms with Crippen molar-refractivity contribution in [3.8, 4) is 5.75 Å². The van der Waals surface area contributed by atoms with Gasteiger partial charge in [-0.05, 0) is 42.0 Å². The standard InChI is InChI=1S/C24H18Cl2N4O2S/c1-32-20-11-10-16(26)12-18(20)22-27-19-5-3-2-4-17(19)21-23(31)28-24(29-30(21)22)33-13-14-6-8-15(25)9-7-14/h2-12,22H,13H2,1H3,(H,28,29,31)/t22-/m1/s1. The molecule has 0 unspecified atom stereocenters. The van der Waals surface area contributed by atoms with Crippen molar-refractivity contribution >= 4 is 51.7 Å². The molecule has 3 aromatic carbocycles. The smallest absolute Gasteiger partial charge is 0.276 e. The number of hydrazone groups is 1. The molecule has 1 amide bonds. The van der Waals surface area contributed by atoms with Crippen LogP contribution in [0.2, 0.25) is 10.0 Å². The number of para-hydroxylation sites is 1. The number of hydrogen-bond acceptors (Lipinski definition) is 6. The minimum absolute atomic E-state index is 0.239. The summed E-state index contributed by atoms with van der Waals surface area (Å²) in [4.78, 5) is 18.2. The number of thioether (sulfide) groups is 1. The van der Waals surface area contributed by atoms with Crippen LogP contribution in [-0.2, 0) is 10.5 Å². The van der Waals surface area contributed by atoms with Gasteiger partial charge in [0.05, 0.1) is 12.5 Å². The van der Waals surface area contributed by atoms with Crippen molar-refractivity contribution in [3.63, 3.8) is 0 Å². The zero-order valence-corrected chi connectivity index (χ0v) is 19.8. The van der Waals surface area contributed by atoms with Crippen LogP contribution in [0, 0.1) is 0 Å². The molecule has 166 valence electrons. The summed E-state index contributed by atoms with van der Waals surface area (Å²) in [6.45, 7) is 0. The number of nitrogens with zero attached hydrogens (tertiary/aromatic N) is 3. The third-order valence-electron chi connectivity index (χ3n) is 5.27. The van der Waals surface area contributed by atoms with Crippen molar-refractivity contribution in [2.75, 3.05) is 7.11 Å². The topological polar surface area (TPSA) is 66.3 Å². The summed E-state index contributed by atoms with van der Waals surface area (Å²) < 4.78 is 5.57. The van der Waals surface area contributed by atoms with Gasteiger partial charge < -0.3 is 4.74 Å². The molecule has 0 fully saturated rings. The van der Waals surface area contributed by atoms with Crippen LogP contribution in [0.1, 0.15) is 17.3 Å². The van der Waals surface area contributed by atoms with E-state index >= 15 is 0 Å². The number of benzene rings is 3. The van der Waals surface area contributed by atoms with Gasteiger partial charge in [-0.1, -0.05) is 65.3 Å². The van der Waals surface area contributed by atoms with Crippen molar-refractivity contribution in [2.45, 2.75) is 11.9 Å². The molecule has 0 aliphatic carbocycles. The number of fused-ring (bicyclic) bond motifs is 2. The predicted octanol–water partition coefficient (Wildman–Crippen LogP) is 4.08. The zero-order chi connectivity index (χ0) is 22.9. The van der Waals surface area contributed by atoms with Gasteiger partial charge in [0.2, 0.25) is 0 Å². The third-order valence-corrected chi connectivity index (χ3v) is 6.70. The van der Waals surface area contributed by atoms with Gasteiger partial charge in [-0.3, -0.25) is 15.1 Å². The number of methoxy groups -OCH3 is 1. The number of halogens is 2. The molecule has 0 bridgehead atoms. The molecular formula is C24H18Cl2N4O2S. The lowest BCUT2D eigenvalue weighted by Gasteiger charge is -2.34. The van der Waals surface area contributed by atoms with Gasteiger partial charge in [0.1, 0.15) is 11.4 Å². The Morgan fingerprint density at radius 3 is 2.61 bits per heavy atom. The van der Waals surface area contributed by atoms with E-state index in [1.165, 1.54) is 11.8 Å². The highest BCUT2D eigenvalue weighted by molar-refractivity contribution is 8.13. The van der Waals surface area contributed by atoms with Crippen LogP contribution in [0.3, 0.4) is 0 Å². The van der Waals surface area contributed by atoms with E-state index in [4.69, 9.17) is 38.0 Å². The summed E-state index contributed by atoms with van der Waals surface area (Å²) in [5, 5.41) is 12.5. The van der Waals surface area contributed by atoms with E-state index in [1.54, 1.807) is 30.3 Å². The first-order chi connectivity index (χ1) is 16.0. The minimum Gasteiger partial charge on any atom is -0.496 e. The Bertz CT molecular complexity index is 1390. The van der Waals surface area contributed by atoms with Crippen LogP contribution in [0.15, 0.2) is 76.8 Å². The highest BCUT2D eigenvalue weighted by atomic mass is 35.5. The minimum atomic E-state index is -0.610. The van der Waals surface area contributed by atoms with E-state index in [9.17, 15) is 4.79 Å². The second kappa shape index (κ2) is 9.09. The lowest BCUT2D eigenvalue weighted by atomic mass is 10.1. The van der Waals surface area contributed by atoms with Crippen LogP contribution >= 0.6 is 35.0 Å². The van der Waals surface area contributed by atoms with Crippen molar-refractivity contribution in [3.05, 3.63) is 98.5 Å². The summed E-state index contributed by atoms with van der Waals surface area (Å²) >= 11 is 13.7. The first kappa shape index (κ1) is 21.8. The van der Waals surface area contributed by atoms with Crippen LogP contribution in [-0.4, -0.2) is 23.2 Å². The normalized spacial score (nSPS) is 16.9. The maximum absolute atomic E-state index is 13.3. The van der Waals surface area contributed by atoms with Gasteiger partial charge in [-0.15, -0.1) is 5.10 Å². The molecule has 0 saturated carbocycles. The van der Waals surface area contributed by atoms with Gasteiger partial charge in [0.15, 0.2) is 11.3 Å². The summed E-state index contributed by atoms with van der Waals surface area (Å²) in [6, 6.07) is 20.4. The second-order valence-corrected chi connectivity index (χ2v) is 9.21. The molecule has 0 saturated heterocycles. The van der Waals surface area contributed by atoms with E-state index in [0.29, 0.717) is 37.8 Å². The molecule has 1 atom stereocenters. The predicted molar refractivity (Wildman–Crippen MR) is 132 cm³/mol. The van der Waals surface area contributed by atoms with Gasteiger partial charge in [0.25, 0.3) is 5.91 Å². The monoisotopic (exact) mass is 496 g/mol. The van der Waals surface area contributed by atoms with E-state index in [0.717, 1.165) is 16.3 Å². The van der Waals surface area contributed by atoms with E-state index in [2.05, 4.69) is 5.32 Å². The molecule has 5 rings (SSSR count). The molecule has 2 aliphatic rings. The van der Waals surface area contributed by atoms with Gasteiger partial charge in [-0.25, -0.2) is 5.01 Å². The zero-order valence-electron chi connectivity index (χ0n) is 17.5. The van der Waals surface area contributed by atoms with Gasteiger partial charge >= 0.3 is 0 Å². The number of amides is 1. The lowest BCUT2D eigenvalue weighted by molar-refractivity contribution is -0.116. The first-order valence-electron chi connectivity index (χ1n) is 10.1. The van der Waals surface area contributed by atoms with Crippen molar-refractivity contribution in [1.82, 2.24) is 10.3 Å². The number of amidine groups is 1. The third kappa shape index (κ3) is 4.31. The largest absolute Gasteiger partial charge is 0.496 e. The summed E-state index contributed by atoms with van der Waals surface area (Å²) in [7, 11) is 1.59. The first-order valence-corrected chi connectivity index (χ1v) is 11.8. The lowest BCUT2D eigenvalue weighted by Crippen LogP contribution is -2.50. The Balaban J connectivity index is 1.59. The molecule has 9 heteroatoms. The fraction of sp³-hybridized carbons (Fsp3) is 0.125. The number of rotatable bonds is 4. The molecule has 2 aliphatic heterocycles. The fourth-order valence-electron chi connectivity index (χ4n) is 3.73. The molecule has 2 heterocycles. The Morgan fingerprint density at radius 1 is 1.06 bits per heavy atom. The van der Waals surface area contributed by atoms with Crippen LogP contribution in [0.4, 0.5) is 0 Å². The molecule has 33 heavy (non-hydrogen) atoms. The summed E-state index contributed by atoms with van der Waals surface area (Å²) in [6.07, 6.45) is -0.610.